The molecule has 0 radical (unpaired) electrons. The number of fused-ring (bicyclic) bond motifs is 7. The van der Waals surface area contributed by atoms with Gasteiger partial charge in [0.05, 0.1) is 11.6 Å². The molecule has 0 bridgehead atoms. The molecule has 1 aromatic heterocycles. The van der Waals surface area contributed by atoms with Gasteiger partial charge in [-0.25, -0.2) is 0 Å². The fraction of sp³-hybridized carbons (Fsp3) is 0. The van der Waals surface area contributed by atoms with Gasteiger partial charge in [0.25, 0.3) is 0 Å². The number of nitriles is 1. The number of hydrogen-bond acceptors (Lipinski definition) is 2. The Morgan fingerprint density at radius 1 is 0.309 bits per heavy atom. The minimum atomic E-state index is 0.671. The second kappa shape index (κ2) is 12.3. The van der Waals surface area contributed by atoms with E-state index in [9.17, 15) is 5.26 Å². The van der Waals surface area contributed by atoms with Gasteiger partial charge in [0, 0.05) is 16.3 Å². The van der Waals surface area contributed by atoms with Crippen LogP contribution in [-0.4, -0.2) is 0 Å². The van der Waals surface area contributed by atoms with E-state index in [4.69, 9.17) is 4.42 Å². The average molecular weight is 698 g/mol. The molecule has 0 amide bonds. The van der Waals surface area contributed by atoms with Crippen molar-refractivity contribution in [3.63, 3.8) is 0 Å². The fourth-order valence-electron chi connectivity index (χ4n) is 8.97. The SMILES string of the molecule is N#Cc1ccccc1-c1c2ccccc2c(-c2ccc3oc4cc(-c5c6ccccc6c(-c6ccccc6)c6ccccc56)ccc4c3c2)c2ccccc12. The summed E-state index contributed by atoms with van der Waals surface area (Å²) in [5.41, 5.74) is 11.5. The van der Waals surface area contributed by atoms with E-state index in [2.05, 4.69) is 176 Å². The van der Waals surface area contributed by atoms with Gasteiger partial charge < -0.3 is 4.42 Å². The van der Waals surface area contributed by atoms with Crippen LogP contribution in [0.1, 0.15) is 5.56 Å². The zero-order valence-electron chi connectivity index (χ0n) is 29.8. The molecule has 0 N–H and O–H groups in total. The van der Waals surface area contributed by atoms with Gasteiger partial charge >= 0.3 is 0 Å². The third-order valence-corrected chi connectivity index (χ3v) is 11.3. The molecule has 0 saturated carbocycles. The molecule has 0 aliphatic heterocycles. The Bertz CT molecular complexity index is 3270. The number of nitrogens with zero attached hydrogens (tertiary/aromatic N) is 1. The second-order valence-electron chi connectivity index (χ2n) is 14.2. The van der Waals surface area contributed by atoms with Crippen molar-refractivity contribution < 1.29 is 4.42 Å². The Labute approximate surface area is 317 Å². The predicted molar refractivity (Wildman–Crippen MR) is 230 cm³/mol. The average Bonchev–Trinajstić information content (AvgIpc) is 3.62. The first-order valence-corrected chi connectivity index (χ1v) is 18.7. The van der Waals surface area contributed by atoms with Crippen LogP contribution in [-0.2, 0) is 0 Å². The number of rotatable bonds is 4. The highest BCUT2D eigenvalue weighted by atomic mass is 16.3. The number of furan rings is 1. The Balaban J connectivity index is 1.13. The van der Waals surface area contributed by atoms with Gasteiger partial charge in [-0.3, -0.25) is 0 Å². The zero-order valence-corrected chi connectivity index (χ0v) is 29.8. The lowest BCUT2D eigenvalue weighted by molar-refractivity contribution is 0.669. The summed E-state index contributed by atoms with van der Waals surface area (Å²) < 4.78 is 6.67. The van der Waals surface area contributed by atoms with E-state index in [1.807, 2.05) is 18.2 Å². The van der Waals surface area contributed by atoms with E-state index >= 15 is 0 Å². The Hall–Kier alpha value is -7.47. The van der Waals surface area contributed by atoms with Crippen LogP contribution in [0.5, 0.6) is 0 Å². The molecule has 2 heteroatoms. The molecule has 0 aliphatic carbocycles. The predicted octanol–water partition coefficient (Wildman–Crippen LogP) is 14.7. The van der Waals surface area contributed by atoms with Gasteiger partial charge in [0.1, 0.15) is 11.2 Å². The maximum atomic E-state index is 10.1. The lowest BCUT2D eigenvalue weighted by Crippen LogP contribution is -1.92. The molecule has 0 atom stereocenters. The molecule has 0 fully saturated rings. The van der Waals surface area contributed by atoms with E-state index in [0.717, 1.165) is 65.7 Å². The molecule has 0 spiro atoms. The summed E-state index contributed by atoms with van der Waals surface area (Å²) in [7, 11) is 0. The topological polar surface area (TPSA) is 36.9 Å². The lowest BCUT2D eigenvalue weighted by atomic mass is 9.84. The fourth-order valence-corrected chi connectivity index (χ4v) is 8.97. The van der Waals surface area contributed by atoms with Crippen molar-refractivity contribution in [2.45, 2.75) is 0 Å². The zero-order chi connectivity index (χ0) is 36.5. The summed E-state index contributed by atoms with van der Waals surface area (Å²) >= 11 is 0. The third kappa shape index (κ3) is 4.74. The molecule has 254 valence electrons. The highest BCUT2D eigenvalue weighted by molar-refractivity contribution is 6.24. The van der Waals surface area contributed by atoms with Crippen molar-refractivity contribution >= 4 is 65.0 Å². The van der Waals surface area contributed by atoms with Crippen molar-refractivity contribution in [3.05, 3.63) is 194 Å². The standard InChI is InChI=1S/C53H31NO/c54-32-36-16-4-5-17-37(36)53-45-24-12-10-22-43(45)51(44-23-11-13-25-46(44)53)34-27-29-48-47(30-34)38-28-26-35(31-49(38)55-48)52-41-20-8-6-18-39(41)50(33-14-2-1-3-15-33)40-19-7-9-21-42(40)52/h1-31H. The monoisotopic (exact) mass is 697 g/mol. The summed E-state index contributed by atoms with van der Waals surface area (Å²) in [6.45, 7) is 0. The van der Waals surface area contributed by atoms with E-state index in [0.29, 0.717) is 5.56 Å². The second-order valence-corrected chi connectivity index (χ2v) is 14.2. The van der Waals surface area contributed by atoms with Crippen LogP contribution >= 0.6 is 0 Å². The minimum Gasteiger partial charge on any atom is -0.456 e. The first-order valence-electron chi connectivity index (χ1n) is 18.7. The molecule has 10 aromatic carbocycles. The normalized spacial score (nSPS) is 11.6. The molecule has 0 unspecified atom stereocenters. The van der Waals surface area contributed by atoms with Crippen LogP contribution in [0.3, 0.4) is 0 Å². The third-order valence-electron chi connectivity index (χ3n) is 11.3. The largest absolute Gasteiger partial charge is 0.456 e. The van der Waals surface area contributed by atoms with Gasteiger partial charge in [-0.1, -0.05) is 158 Å². The Morgan fingerprint density at radius 2 is 0.745 bits per heavy atom. The quantitative estimate of drug-likeness (QED) is 0.172. The van der Waals surface area contributed by atoms with Crippen LogP contribution in [0.2, 0.25) is 0 Å². The van der Waals surface area contributed by atoms with Crippen molar-refractivity contribution in [3.8, 4) is 50.6 Å². The number of benzene rings is 10. The smallest absolute Gasteiger partial charge is 0.136 e. The Kier molecular flexibility index (Phi) is 6.96. The summed E-state index contributed by atoms with van der Waals surface area (Å²) in [4.78, 5) is 0. The molecule has 55 heavy (non-hydrogen) atoms. The van der Waals surface area contributed by atoms with Crippen molar-refractivity contribution in [2.24, 2.45) is 0 Å². The van der Waals surface area contributed by atoms with Crippen molar-refractivity contribution in [1.29, 1.82) is 5.26 Å². The van der Waals surface area contributed by atoms with E-state index < -0.39 is 0 Å². The maximum absolute atomic E-state index is 10.1. The Morgan fingerprint density at radius 3 is 1.29 bits per heavy atom. The highest BCUT2D eigenvalue weighted by Gasteiger charge is 2.21. The van der Waals surface area contributed by atoms with Gasteiger partial charge in [-0.15, -0.1) is 0 Å². The highest BCUT2D eigenvalue weighted by Crippen LogP contribution is 2.47. The lowest BCUT2D eigenvalue weighted by Gasteiger charge is -2.18. The molecular weight excluding hydrogens is 667 g/mol. The summed E-state index contributed by atoms with van der Waals surface area (Å²) in [6.07, 6.45) is 0. The van der Waals surface area contributed by atoms with E-state index in [-0.39, 0.29) is 0 Å². The van der Waals surface area contributed by atoms with Gasteiger partial charge in [0.15, 0.2) is 0 Å². The maximum Gasteiger partial charge on any atom is 0.136 e. The minimum absolute atomic E-state index is 0.671. The van der Waals surface area contributed by atoms with Crippen molar-refractivity contribution in [2.75, 3.05) is 0 Å². The van der Waals surface area contributed by atoms with Gasteiger partial charge in [-0.2, -0.15) is 5.26 Å². The van der Waals surface area contributed by atoms with E-state index in [1.54, 1.807) is 0 Å². The molecule has 11 rings (SSSR count). The molecule has 0 aliphatic rings. The van der Waals surface area contributed by atoms with Crippen molar-refractivity contribution in [1.82, 2.24) is 0 Å². The molecule has 2 nitrogen and oxygen atoms in total. The molecule has 1 heterocycles. The number of hydrogen-bond donors (Lipinski definition) is 0. The molecular formula is C53H31NO. The summed E-state index contributed by atoms with van der Waals surface area (Å²) in [5.74, 6) is 0. The summed E-state index contributed by atoms with van der Waals surface area (Å²) in [5, 5.41) is 21.7. The van der Waals surface area contributed by atoms with Crippen LogP contribution in [0, 0.1) is 11.3 Å². The summed E-state index contributed by atoms with van der Waals surface area (Å²) in [6, 6.07) is 69.1. The first kappa shape index (κ1) is 31.1. The van der Waals surface area contributed by atoms with Crippen LogP contribution in [0.25, 0.3) is 110 Å². The molecule has 0 saturated heterocycles. The van der Waals surface area contributed by atoms with Gasteiger partial charge in [0.2, 0.25) is 0 Å². The van der Waals surface area contributed by atoms with Crippen LogP contribution in [0.15, 0.2) is 192 Å². The van der Waals surface area contributed by atoms with Crippen LogP contribution < -0.4 is 0 Å². The molecule has 11 aromatic rings. The van der Waals surface area contributed by atoms with Crippen LogP contribution in [0.4, 0.5) is 0 Å². The first-order chi connectivity index (χ1) is 27.3. The van der Waals surface area contributed by atoms with Gasteiger partial charge in [-0.05, 0) is 112 Å². The van der Waals surface area contributed by atoms with E-state index in [1.165, 1.54) is 43.8 Å².